The average molecular weight is 275 g/mol. The first kappa shape index (κ1) is 14.5. The largest absolute Gasteiger partial charge is 0.489 e. The summed E-state index contributed by atoms with van der Waals surface area (Å²) in [7, 11) is 0. The van der Waals surface area contributed by atoms with E-state index in [2.05, 4.69) is 4.98 Å². The van der Waals surface area contributed by atoms with Gasteiger partial charge in [0.2, 0.25) is 0 Å². The van der Waals surface area contributed by atoms with E-state index >= 15 is 0 Å². The molecular weight excluding hydrogens is 257 g/mol. The Kier molecular flexibility index (Phi) is 4.04. The highest BCUT2D eigenvalue weighted by Gasteiger charge is 2.29. The molecule has 106 valence electrons. The highest BCUT2D eigenvalue weighted by molar-refractivity contribution is 5.37. The topological polar surface area (TPSA) is 42.4 Å². The van der Waals surface area contributed by atoms with Crippen molar-refractivity contribution >= 4 is 0 Å². The maximum Gasteiger partial charge on any atom is 0.138 e. The molecule has 0 fully saturated rings. The maximum atomic E-state index is 13.9. The van der Waals surface area contributed by atoms with E-state index in [0.717, 1.165) is 0 Å². The molecule has 0 aliphatic carbocycles. The fourth-order valence-electron chi connectivity index (χ4n) is 2.03. The molecule has 1 heterocycles. The zero-order valence-corrected chi connectivity index (χ0v) is 11.8. The maximum absolute atomic E-state index is 13.9. The highest BCUT2D eigenvalue weighted by atomic mass is 19.1. The molecule has 20 heavy (non-hydrogen) atoms. The lowest BCUT2D eigenvalue weighted by atomic mass is 9.89. The SMILES string of the molecule is CC(C)Oc1cncc(C(C)(O)c2ccccc2F)c1. The van der Waals surface area contributed by atoms with Gasteiger partial charge < -0.3 is 9.84 Å². The van der Waals surface area contributed by atoms with Crippen molar-refractivity contribution in [1.82, 2.24) is 4.98 Å². The third-order valence-electron chi connectivity index (χ3n) is 3.05. The van der Waals surface area contributed by atoms with Gasteiger partial charge in [-0.2, -0.15) is 0 Å². The van der Waals surface area contributed by atoms with Crippen LogP contribution >= 0.6 is 0 Å². The highest BCUT2D eigenvalue weighted by Crippen LogP contribution is 2.32. The molecule has 0 saturated carbocycles. The van der Waals surface area contributed by atoms with Gasteiger partial charge in [0.1, 0.15) is 17.2 Å². The summed E-state index contributed by atoms with van der Waals surface area (Å²) in [6.45, 7) is 5.35. The lowest BCUT2D eigenvalue weighted by Gasteiger charge is -2.25. The number of hydrogen-bond acceptors (Lipinski definition) is 3. The van der Waals surface area contributed by atoms with Crippen LogP contribution in [0.4, 0.5) is 4.39 Å². The Morgan fingerprint density at radius 2 is 1.95 bits per heavy atom. The molecule has 2 aromatic rings. The zero-order chi connectivity index (χ0) is 14.8. The van der Waals surface area contributed by atoms with Gasteiger partial charge in [-0.15, -0.1) is 0 Å². The van der Waals surface area contributed by atoms with Crippen LogP contribution in [0.15, 0.2) is 42.7 Å². The molecule has 3 nitrogen and oxygen atoms in total. The lowest BCUT2D eigenvalue weighted by molar-refractivity contribution is 0.0969. The van der Waals surface area contributed by atoms with Crippen LogP contribution in [-0.2, 0) is 5.60 Å². The second-order valence-electron chi connectivity index (χ2n) is 5.13. The summed E-state index contributed by atoms with van der Waals surface area (Å²) in [5, 5.41) is 10.7. The Labute approximate surface area is 118 Å². The minimum atomic E-state index is -1.46. The van der Waals surface area contributed by atoms with Gasteiger partial charge in [-0.3, -0.25) is 4.98 Å². The molecule has 0 aliphatic heterocycles. The van der Waals surface area contributed by atoms with Crippen LogP contribution in [0.25, 0.3) is 0 Å². The van der Waals surface area contributed by atoms with Crippen molar-refractivity contribution in [2.45, 2.75) is 32.5 Å². The number of hydrogen-bond donors (Lipinski definition) is 1. The van der Waals surface area contributed by atoms with Crippen molar-refractivity contribution in [3.8, 4) is 5.75 Å². The van der Waals surface area contributed by atoms with Gasteiger partial charge in [-0.1, -0.05) is 18.2 Å². The summed E-state index contributed by atoms with van der Waals surface area (Å²) in [4.78, 5) is 4.05. The van der Waals surface area contributed by atoms with Gasteiger partial charge in [-0.25, -0.2) is 4.39 Å². The van der Waals surface area contributed by atoms with E-state index < -0.39 is 11.4 Å². The van der Waals surface area contributed by atoms with E-state index in [4.69, 9.17) is 4.74 Å². The van der Waals surface area contributed by atoms with E-state index in [1.54, 1.807) is 37.4 Å². The second kappa shape index (κ2) is 5.59. The molecule has 0 amide bonds. The molecule has 1 aromatic heterocycles. The lowest BCUT2D eigenvalue weighted by Crippen LogP contribution is -2.24. The van der Waals surface area contributed by atoms with Crippen molar-refractivity contribution in [3.63, 3.8) is 0 Å². The molecule has 0 aliphatic rings. The number of halogens is 1. The number of rotatable bonds is 4. The van der Waals surface area contributed by atoms with Crippen molar-refractivity contribution in [1.29, 1.82) is 0 Å². The molecular formula is C16H18FNO2. The Morgan fingerprint density at radius 1 is 1.25 bits per heavy atom. The number of benzene rings is 1. The Bertz CT molecular complexity index is 597. The number of pyridine rings is 1. The van der Waals surface area contributed by atoms with Crippen LogP contribution in [-0.4, -0.2) is 16.2 Å². The molecule has 1 aromatic carbocycles. The van der Waals surface area contributed by atoms with Crippen molar-refractivity contribution in [2.75, 3.05) is 0 Å². The van der Waals surface area contributed by atoms with Crippen molar-refractivity contribution in [3.05, 3.63) is 59.7 Å². The molecule has 0 radical (unpaired) electrons. The third-order valence-corrected chi connectivity index (χ3v) is 3.05. The van der Waals surface area contributed by atoms with Crippen LogP contribution in [0.2, 0.25) is 0 Å². The van der Waals surface area contributed by atoms with Crippen molar-refractivity contribution < 1.29 is 14.2 Å². The summed E-state index contributed by atoms with van der Waals surface area (Å²) < 4.78 is 19.4. The van der Waals surface area contributed by atoms with Crippen molar-refractivity contribution in [2.24, 2.45) is 0 Å². The molecule has 0 saturated heterocycles. The minimum Gasteiger partial charge on any atom is -0.489 e. The first-order valence-corrected chi connectivity index (χ1v) is 6.51. The van der Waals surface area contributed by atoms with Crippen LogP contribution in [0.5, 0.6) is 5.75 Å². The summed E-state index contributed by atoms with van der Waals surface area (Å²) in [5.74, 6) is 0.0989. The number of nitrogens with zero attached hydrogens (tertiary/aromatic N) is 1. The van der Waals surface area contributed by atoms with E-state index in [1.165, 1.54) is 12.3 Å². The average Bonchev–Trinajstić information content (AvgIpc) is 2.38. The van der Waals surface area contributed by atoms with Gasteiger partial charge in [0.25, 0.3) is 0 Å². The van der Waals surface area contributed by atoms with Crippen LogP contribution in [0.1, 0.15) is 31.9 Å². The van der Waals surface area contributed by atoms with Gasteiger partial charge >= 0.3 is 0 Å². The first-order valence-electron chi connectivity index (χ1n) is 6.51. The van der Waals surface area contributed by atoms with Gasteiger partial charge in [0, 0.05) is 17.3 Å². The van der Waals surface area contributed by atoms with Crippen LogP contribution < -0.4 is 4.74 Å². The summed E-state index contributed by atoms with van der Waals surface area (Å²) in [6.07, 6.45) is 3.09. The molecule has 1 unspecified atom stereocenters. The fourth-order valence-corrected chi connectivity index (χ4v) is 2.03. The molecule has 1 N–H and O–H groups in total. The number of ether oxygens (including phenoxy) is 1. The van der Waals surface area contributed by atoms with Gasteiger partial charge in [-0.05, 0) is 32.9 Å². The van der Waals surface area contributed by atoms with E-state index in [1.807, 2.05) is 13.8 Å². The molecule has 1 atom stereocenters. The standard InChI is InChI=1S/C16H18FNO2/c1-11(2)20-13-8-12(9-18-10-13)16(3,19)14-6-4-5-7-15(14)17/h4-11,19H,1-3H3. The molecule has 2 rings (SSSR count). The summed E-state index contributed by atoms with van der Waals surface area (Å²) in [5.41, 5.74) is -0.765. The minimum absolute atomic E-state index is 0.00506. The third kappa shape index (κ3) is 2.96. The normalized spacial score (nSPS) is 14.1. The molecule has 0 spiro atoms. The zero-order valence-electron chi connectivity index (χ0n) is 11.8. The molecule has 0 bridgehead atoms. The Balaban J connectivity index is 2.41. The Morgan fingerprint density at radius 3 is 2.60 bits per heavy atom. The number of aliphatic hydroxyl groups is 1. The summed E-state index contributed by atoms with van der Waals surface area (Å²) in [6, 6.07) is 7.84. The van der Waals surface area contributed by atoms with Crippen LogP contribution in [0.3, 0.4) is 0 Å². The first-order chi connectivity index (χ1) is 9.41. The predicted molar refractivity (Wildman–Crippen MR) is 75.1 cm³/mol. The predicted octanol–water partition coefficient (Wildman–Crippen LogP) is 3.26. The Hall–Kier alpha value is -1.94. The monoisotopic (exact) mass is 275 g/mol. The fraction of sp³-hybridized carbons (Fsp3) is 0.312. The number of aromatic nitrogens is 1. The molecule has 4 heteroatoms. The summed E-state index contributed by atoms with van der Waals surface area (Å²) >= 11 is 0. The van der Waals surface area contributed by atoms with Crippen LogP contribution in [0, 0.1) is 5.82 Å². The quantitative estimate of drug-likeness (QED) is 0.931. The second-order valence-corrected chi connectivity index (χ2v) is 5.13. The van der Waals surface area contributed by atoms with E-state index in [9.17, 15) is 9.50 Å². The van der Waals surface area contributed by atoms with E-state index in [-0.39, 0.29) is 11.7 Å². The smallest absolute Gasteiger partial charge is 0.138 e. The van der Waals surface area contributed by atoms with E-state index in [0.29, 0.717) is 11.3 Å². The van der Waals surface area contributed by atoms with Gasteiger partial charge in [0.05, 0.1) is 12.3 Å². The van der Waals surface area contributed by atoms with Gasteiger partial charge in [0.15, 0.2) is 0 Å².